The number of H-pyrrole nitrogens is 1. The van der Waals surface area contributed by atoms with Gasteiger partial charge in [0.05, 0.1) is 5.56 Å². The lowest BCUT2D eigenvalue weighted by molar-refractivity contribution is 0.0784. The maximum absolute atomic E-state index is 12.7. The summed E-state index contributed by atoms with van der Waals surface area (Å²) in [6, 6.07) is 1.80. The van der Waals surface area contributed by atoms with E-state index in [1.165, 1.54) is 12.8 Å². The van der Waals surface area contributed by atoms with Crippen LogP contribution in [0.5, 0.6) is 0 Å². The molecular weight excluding hydrogens is 308 g/mol. The topological polar surface area (TPSA) is 84.2 Å². The van der Waals surface area contributed by atoms with E-state index in [0.29, 0.717) is 30.6 Å². The van der Waals surface area contributed by atoms with Crippen LogP contribution in [0.1, 0.15) is 46.5 Å². The monoisotopic (exact) mass is 330 g/mol. The third-order valence-electron chi connectivity index (χ3n) is 5.02. The van der Waals surface area contributed by atoms with Crippen LogP contribution < -0.4 is 0 Å². The van der Waals surface area contributed by atoms with Crippen molar-refractivity contribution >= 4 is 5.91 Å². The molecule has 1 saturated carbocycles. The van der Waals surface area contributed by atoms with Crippen LogP contribution in [-0.4, -0.2) is 46.2 Å². The van der Waals surface area contributed by atoms with E-state index in [0.717, 1.165) is 24.0 Å². The number of amides is 1. The van der Waals surface area contributed by atoms with Crippen LogP contribution in [0.4, 0.5) is 0 Å². The minimum absolute atomic E-state index is 0.0349. The summed E-state index contributed by atoms with van der Waals surface area (Å²) in [4.78, 5) is 19.2. The Morgan fingerprint density at radius 2 is 2.29 bits per heavy atom. The smallest absolute Gasteiger partial charge is 0.257 e. The lowest BCUT2D eigenvalue weighted by Gasteiger charge is -2.14. The minimum Gasteiger partial charge on any atom is -0.469 e. The summed E-state index contributed by atoms with van der Waals surface area (Å²) in [5, 5.41) is 7.31. The van der Waals surface area contributed by atoms with Crippen molar-refractivity contribution in [1.82, 2.24) is 20.1 Å². The van der Waals surface area contributed by atoms with Gasteiger partial charge in [0, 0.05) is 26.1 Å². The van der Waals surface area contributed by atoms with Crippen molar-refractivity contribution in [3.8, 4) is 0 Å². The standard InChI is InChI=1S/C17H22N4O3/c1-10-5-12(8-24-10)17(22)21-6-13(11-3-4-11)14(7-21)16-18-15(9-23-2)19-20-16/h5,8,11,13-14H,3-4,6-7,9H2,1-2H3,(H,18,19,20)/t13-,14+/m1/s1. The molecule has 0 spiro atoms. The molecule has 128 valence electrons. The molecule has 7 nitrogen and oxygen atoms in total. The van der Waals surface area contributed by atoms with Gasteiger partial charge in [0.2, 0.25) is 0 Å². The maximum atomic E-state index is 12.7. The molecule has 24 heavy (non-hydrogen) atoms. The number of aryl methyl sites for hydroxylation is 1. The Hall–Kier alpha value is -2.15. The third kappa shape index (κ3) is 2.84. The number of carbonyl (C=O) groups is 1. The van der Waals surface area contributed by atoms with Gasteiger partial charge in [-0.25, -0.2) is 4.98 Å². The van der Waals surface area contributed by atoms with Crippen molar-refractivity contribution in [3.63, 3.8) is 0 Å². The SMILES string of the molecule is COCc1nc([C@H]2CN(C(=O)c3coc(C)c3)C[C@@H]2C2CC2)n[nH]1. The zero-order valence-electron chi connectivity index (χ0n) is 14.0. The van der Waals surface area contributed by atoms with Gasteiger partial charge in [0.15, 0.2) is 11.6 Å². The van der Waals surface area contributed by atoms with Crippen molar-refractivity contribution in [2.45, 2.75) is 32.3 Å². The zero-order chi connectivity index (χ0) is 16.7. The number of aromatic amines is 1. The minimum atomic E-state index is 0.0349. The van der Waals surface area contributed by atoms with Crippen molar-refractivity contribution in [3.05, 3.63) is 35.3 Å². The molecule has 1 saturated heterocycles. The van der Waals surface area contributed by atoms with Gasteiger partial charge in [-0.05, 0) is 37.7 Å². The Bertz CT molecular complexity index is 734. The number of hydrogen-bond donors (Lipinski definition) is 1. The molecule has 0 bridgehead atoms. The average Bonchev–Trinajstić information content (AvgIpc) is 2.99. The summed E-state index contributed by atoms with van der Waals surface area (Å²) in [5.41, 5.74) is 0.623. The molecule has 2 aliphatic rings. The van der Waals surface area contributed by atoms with Crippen molar-refractivity contribution in [1.29, 1.82) is 0 Å². The molecule has 4 rings (SSSR count). The van der Waals surface area contributed by atoms with E-state index in [4.69, 9.17) is 9.15 Å². The van der Waals surface area contributed by atoms with Crippen molar-refractivity contribution in [2.24, 2.45) is 11.8 Å². The molecule has 2 atom stereocenters. The molecule has 0 radical (unpaired) electrons. The third-order valence-corrected chi connectivity index (χ3v) is 5.02. The molecule has 7 heteroatoms. The summed E-state index contributed by atoms with van der Waals surface area (Å²) in [5.74, 6) is 3.64. The molecule has 0 unspecified atom stereocenters. The Balaban J connectivity index is 1.54. The highest BCUT2D eigenvalue weighted by atomic mass is 16.5. The number of furan rings is 1. The van der Waals surface area contributed by atoms with Crippen LogP contribution in [0.3, 0.4) is 0 Å². The Morgan fingerprint density at radius 3 is 2.96 bits per heavy atom. The van der Waals surface area contributed by atoms with E-state index in [1.54, 1.807) is 19.4 Å². The number of likely N-dealkylation sites (tertiary alicyclic amines) is 1. The van der Waals surface area contributed by atoms with Gasteiger partial charge in [0.25, 0.3) is 5.91 Å². The molecule has 0 aromatic carbocycles. The van der Waals surface area contributed by atoms with Crippen molar-refractivity contribution in [2.75, 3.05) is 20.2 Å². The predicted molar refractivity (Wildman–Crippen MR) is 85.4 cm³/mol. The first-order valence-corrected chi connectivity index (χ1v) is 8.40. The highest BCUT2D eigenvalue weighted by molar-refractivity contribution is 5.94. The maximum Gasteiger partial charge on any atom is 0.257 e. The van der Waals surface area contributed by atoms with E-state index in [9.17, 15) is 4.79 Å². The highest BCUT2D eigenvalue weighted by Crippen LogP contribution is 2.47. The molecule has 1 amide bonds. The summed E-state index contributed by atoms with van der Waals surface area (Å²) in [7, 11) is 1.64. The van der Waals surface area contributed by atoms with Gasteiger partial charge in [-0.2, -0.15) is 5.10 Å². The Kier molecular flexibility index (Phi) is 3.88. The summed E-state index contributed by atoms with van der Waals surface area (Å²) in [6.45, 7) is 3.70. The Labute approximate surface area is 140 Å². The van der Waals surface area contributed by atoms with E-state index >= 15 is 0 Å². The summed E-state index contributed by atoms with van der Waals surface area (Å²) >= 11 is 0. The van der Waals surface area contributed by atoms with Gasteiger partial charge in [-0.3, -0.25) is 9.89 Å². The number of nitrogens with one attached hydrogen (secondary N) is 1. The zero-order valence-corrected chi connectivity index (χ0v) is 14.0. The van der Waals surface area contributed by atoms with Gasteiger partial charge >= 0.3 is 0 Å². The first-order valence-electron chi connectivity index (χ1n) is 8.40. The number of methoxy groups -OCH3 is 1. The summed E-state index contributed by atoms with van der Waals surface area (Å²) < 4.78 is 10.4. The van der Waals surface area contributed by atoms with Crippen LogP contribution in [-0.2, 0) is 11.3 Å². The van der Waals surface area contributed by atoms with Gasteiger partial charge in [-0.15, -0.1) is 0 Å². The molecule has 1 N–H and O–H groups in total. The second-order valence-corrected chi connectivity index (χ2v) is 6.84. The number of rotatable bonds is 5. The molecule has 2 fully saturated rings. The molecule has 1 aliphatic heterocycles. The fourth-order valence-electron chi connectivity index (χ4n) is 3.69. The van der Waals surface area contributed by atoms with Crippen molar-refractivity contribution < 1.29 is 13.9 Å². The fraction of sp³-hybridized carbons (Fsp3) is 0.588. The fourth-order valence-corrected chi connectivity index (χ4v) is 3.69. The molecule has 2 aromatic rings. The molecule has 3 heterocycles. The number of carbonyl (C=O) groups excluding carboxylic acids is 1. The second kappa shape index (κ2) is 6.05. The van der Waals surface area contributed by atoms with E-state index < -0.39 is 0 Å². The number of aromatic nitrogens is 3. The van der Waals surface area contributed by atoms with Gasteiger partial charge in [0.1, 0.15) is 18.6 Å². The van der Waals surface area contributed by atoms with Crippen LogP contribution in [0, 0.1) is 18.8 Å². The number of hydrogen-bond acceptors (Lipinski definition) is 5. The van der Waals surface area contributed by atoms with Crippen LogP contribution in [0.2, 0.25) is 0 Å². The normalized spacial score (nSPS) is 23.8. The van der Waals surface area contributed by atoms with Crippen LogP contribution in [0.15, 0.2) is 16.7 Å². The predicted octanol–water partition coefficient (Wildman–Crippen LogP) is 2.12. The van der Waals surface area contributed by atoms with E-state index in [1.807, 2.05) is 11.8 Å². The molecular formula is C17H22N4O3. The molecule has 2 aromatic heterocycles. The quantitative estimate of drug-likeness (QED) is 0.908. The molecule has 1 aliphatic carbocycles. The average molecular weight is 330 g/mol. The van der Waals surface area contributed by atoms with E-state index in [-0.39, 0.29) is 11.8 Å². The first-order chi connectivity index (χ1) is 11.7. The number of nitrogens with zero attached hydrogens (tertiary/aromatic N) is 3. The highest BCUT2D eigenvalue weighted by Gasteiger charge is 2.46. The first kappa shape index (κ1) is 15.4. The number of ether oxygens (including phenoxy) is 1. The summed E-state index contributed by atoms with van der Waals surface area (Å²) in [6.07, 6.45) is 4.02. The van der Waals surface area contributed by atoms with Crippen LogP contribution in [0.25, 0.3) is 0 Å². The van der Waals surface area contributed by atoms with Crippen LogP contribution >= 0.6 is 0 Å². The van der Waals surface area contributed by atoms with E-state index in [2.05, 4.69) is 15.2 Å². The lowest BCUT2D eigenvalue weighted by Crippen LogP contribution is -2.28. The lowest BCUT2D eigenvalue weighted by atomic mass is 9.91. The largest absolute Gasteiger partial charge is 0.469 e. The van der Waals surface area contributed by atoms with Gasteiger partial charge in [-0.1, -0.05) is 0 Å². The second-order valence-electron chi connectivity index (χ2n) is 6.84. The Morgan fingerprint density at radius 1 is 1.46 bits per heavy atom. The van der Waals surface area contributed by atoms with Gasteiger partial charge < -0.3 is 14.1 Å².